The minimum absolute atomic E-state index is 0.208. The highest BCUT2D eigenvalue weighted by molar-refractivity contribution is 5.71. The second-order valence-corrected chi connectivity index (χ2v) is 2.71. The summed E-state index contributed by atoms with van der Waals surface area (Å²) in [5, 5.41) is 14.0. The lowest BCUT2D eigenvalue weighted by Gasteiger charge is -2.12. The van der Waals surface area contributed by atoms with Crippen LogP contribution in [0.25, 0.3) is 0 Å². The Kier molecular flexibility index (Phi) is 6.65. The molecule has 0 aliphatic carbocycles. The van der Waals surface area contributed by atoms with Crippen LogP contribution in [-0.4, -0.2) is 25.2 Å². The van der Waals surface area contributed by atoms with Crippen molar-refractivity contribution in [1.29, 1.82) is 5.26 Å². The van der Waals surface area contributed by atoms with Crippen molar-refractivity contribution in [2.75, 3.05) is 13.1 Å². The molecule has 0 aliphatic heterocycles. The fourth-order valence-electron chi connectivity index (χ4n) is 0.933. The van der Waals surface area contributed by atoms with E-state index in [0.29, 0.717) is 19.5 Å². The number of primary amides is 1. The number of carbonyl (C=O) groups excluding carboxylic acids is 1. The van der Waals surface area contributed by atoms with Gasteiger partial charge in [-0.25, -0.2) is 4.79 Å². The highest BCUT2D eigenvalue weighted by Gasteiger charge is 2.03. The molecule has 4 N–H and O–H groups in total. The van der Waals surface area contributed by atoms with Gasteiger partial charge in [-0.3, -0.25) is 0 Å². The summed E-state index contributed by atoms with van der Waals surface area (Å²) < 4.78 is 0. The smallest absolute Gasteiger partial charge is 0.312 e. The molecule has 0 radical (unpaired) electrons. The number of urea groups is 1. The van der Waals surface area contributed by atoms with Crippen molar-refractivity contribution in [2.24, 2.45) is 5.73 Å². The fraction of sp³-hybridized carbons (Fsp3) is 0.750. The zero-order valence-corrected chi connectivity index (χ0v) is 7.84. The molecule has 1 unspecified atom stereocenters. The number of nitrogens with zero attached hydrogens (tertiary/aromatic N) is 1. The first-order valence-electron chi connectivity index (χ1n) is 4.34. The molecule has 5 heteroatoms. The maximum atomic E-state index is 10.3. The molecule has 0 saturated carbocycles. The van der Waals surface area contributed by atoms with Crippen molar-refractivity contribution in [3.63, 3.8) is 0 Å². The molecule has 1 atom stereocenters. The highest BCUT2D eigenvalue weighted by atomic mass is 16.2. The third-order valence-electron chi connectivity index (χ3n) is 1.69. The summed E-state index contributed by atoms with van der Waals surface area (Å²) in [5.74, 6) is 0. The van der Waals surface area contributed by atoms with Gasteiger partial charge in [-0.15, -0.1) is 0 Å². The normalized spacial score (nSPS) is 11.7. The summed E-state index contributed by atoms with van der Waals surface area (Å²) >= 11 is 0. The first-order chi connectivity index (χ1) is 6.20. The Morgan fingerprint density at radius 1 is 1.62 bits per heavy atom. The monoisotopic (exact) mass is 184 g/mol. The summed E-state index contributed by atoms with van der Waals surface area (Å²) in [6.07, 6.45) is 1.40. The van der Waals surface area contributed by atoms with Gasteiger partial charge in [0.15, 0.2) is 0 Å². The second-order valence-electron chi connectivity index (χ2n) is 2.71. The standard InChI is InChI=1S/C8H16N4O/c1-2-7(3-4-9)11-5-6-12-8(10)13/h7,11H,2-3,5-6H2,1H3,(H3,10,12,13). The van der Waals surface area contributed by atoms with Crippen LogP contribution in [0.5, 0.6) is 0 Å². The SMILES string of the molecule is CCC(CC#N)NCCNC(N)=O. The Hall–Kier alpha value is -1.28. The average Bonchev–Trinajstić information content (AvgIpc) is 2.10. The minimum atomic E-state index is -0.518. The van der Waals surface area contributed by atoms with Gasteiger partial charge in [0.2, 0.25) is 0 Å². The Morgan fingerprint density at radius 3 is 2.77 bits per heavy atom. The molecule has 0 saturated heterocycles. The van der Waals surface area contributed by atoms with Gasteiger partial charge in [0.05, 0.1) is 12.5 Å². The van der Waals surface area contributed by atoms with Crippen LogP contribution in [0.3, 0.4) is 0 Å². The summed E-state index contributed by atoms with van der Waals surface area (Å²) in [5.41, 5.74) is 4.87. The zero-order chi connectivity index (χ0) is 10.1. The second kappa shape index (κ2) is 7.37. The van der Waals surface area contributed by atoms with Gasteiger partial charge in [-0.2, -0.15) is 5.26 Å². The molecule has 0 spiro atoms. The lowest BCUT2D eigenvalue weighted by atomic mass is 10.2. The fourth-order valence-corrected chi connectivity index (χ4v) is 0.933. The molecular weight excluding hydrogens is 168 g/mol. The van der Waals surface area contributed by atoms with Crippen molar-refractivity contribution >= 4 is 6.03 Å². The largest absolute Gasteiger partial charge is 0.352 e. The Labute approximate surface area is 78.3 Å². The predicted molar refractivity (Wildman–Crippen MR) is 49.9 cm³/mol. The molecule has 0 heterocycles. The van der Waals surface area contributed by atoms with E-state index in [4.69, 9.17) is 11.0 Å². The van der Waals surface area contributed by atoms with E-state index in [1.54, 1.807) is 0 Å². The van der Waals surface area contributed by atoms with Crippen molar-refractivity contribution in [2.45, 2.75) is 25.8 Å². The van der Waals surface area contributed by atoms with Crippen LogP contribution in [0.1, 0.15) is 19.8 Å². The quantitative estimate of drug-likeness (QED) is 0.505. The molecule has 0 aromatic carbocycles. The van der Waals surface area contributed by atoms with E-state index in [1.807, 2.05) is 6.92 Å². The van der Waals surface area contributed by atoms with Gasteiger partial charge >= 0.3 is 6.03 Å². The topological polar surface area (TPSA) is 90.9 Å². The molecule has 0 aromatic heterocycles. The number of rotatable bonds is 6. The first kappa shape index (κ1) is 11.7. The lowest BCUT2D eigenvalue weighted by molar-refractivity contribution is 0.248. The maximum Gasteiger partial charge on any atom is 0.312 e. The number of nitrogens with two attached hydrogens (primary N) is 1. The minimum Gasteiger partial charge on any atom is -0.352 e. The molecule has 0 bridgehead atoms. The predicted octanol–water partition coefficient (Wildman–Crippen LogP) is -0.0634. The van der Waals surface area contributed by atoms with Gasteiger partial charge in [0.25, 0.3) is 0 Å². The zero-order valence-electron chi connectivity index (χ0n) is 7.84. The molecule has 2 amide bonds. The Bertz CT molecular complexity index is 187. The van der Waals surface area contributed by atoms with Crippen molar-refractivity contribution < 1.29 is 4.79 Å². The first-order valence-corrected chi connectivity index (χ1v) is 4.34. The van der Waals surface area contributed by atoms with E-state index >= 15 is 0 Å². The number of hydrogen-bond acceptors (Lipinski definition) is 3. The number of hydrogen-bond donors (Lipinski definition) is 3. The Morgan fingerprint density at radius 2 is 2.31 bits per heavy atom. The van der Waals surface area contributed by atoms with Crippen molar-refractivity contribution in [1.82, 2.24) is 10.6 Å². The Balaban J connectivity index is 3.39. The van der Waals surface area contributed by atoms with Crippen LogP contribution in [0.4, 0.5) is 4.79 Å². The van der Waals surface area contributed by atoms with Crippen molar-refractivity contribution in [3.05, 3.63) is 0 Å². The van der Waals surface area contributed by atoms with E-state index in [2.05, 4.69) is 16.7 Å². The van der Waals surface area contributed by atoms with E-state index in [-0.39, 0.29) is 6.04 Å². The number of carbonyl (C=O) groups is 1. The number of amides is 2. The van der Waals surface area contributed by atoms with E-state index < -0.39 is 6.03 Å². The van der Waals surface area contributed by atoms with Crippen LogP contribution >= 0.6 is 0 Å². The van der Waals surface area contributed by atoms with E-state index in [0.717, 1.165) is 6.42 Å². The molecule has 5 nitrogen and oxygen atoms in total. The van der Waals surface area contributed by atoms with Gasteiger partial charge in [-0.1, -0.05) is 6.92 Å². The van der Waals surface area contributed by atoms with Crippen LogP contribution in [-0.2, 0) is 0 Å². The van der Waals surface area contributed by atoms with Crippen LogP contribution < -0.4 is 16.4 Å². The summed E-state index contributed by atoms with van der Waals surface area (Å²) in [6, 6.07) is 1.78. The third-order valence-corrected chi connectivity index (χ3v) is 1.69. The molecule has 0 fully saturated rings. The molecule has 0 aliphatic rings. The summed E-state index contributed by atoms with van der Waals surface area (Å²) in [7, 11) is 0. The van der Waals surface area contributed by atoms with E-state index in [9.17, 15) is 4.79 Å². The molecule has 0 rings (SSSR count). The number of nitriles is 1. The third kappa shape index (κ3) is 7.09. The summed E-state index contributed by atoms with van der Waals surface area (Å²) in [4.78, 5) is 10.3. The van der Waals surface area contributed by atoms with Gasteiger partial charge < -0.3 is 16.4 Å². The molecular formula is C8H16N4O. The van der Waals surface area contributed by atoms with Gasteiger partial charge in [-0.05, 0) is 6.42 Å². The van der Waals surface area contributed by atoms with Crippen LogP contribution in [0.2, 0.25) is 0 Å². The van der Waals surface area contributed by atoms with Crippen molar-refractivity contribution in [3.8, 4) is 6.07 Å². The molecule has 74 valence electrons. The van der Waals surface area contributed by atoms with E-state index in [1.165, 1.54) is 0 Å². The van der Waals surface area contributed by atoms with Crippen LogP contribution in [0, 0.1) is 11.3 Å². The number of nitrogens with one attached hydrogen (secondary N) is 2. The van der Waals surface area contributed by atoms with Crippen LogP contribution in [0.15, 0.2) is 0 Å². The van der Waals surface area contributed by atoms with Gasteiger partial charge in [0.1, 0.15) is 0 Å². The summed E-state index contributed by atoms with van der Waals surface area (Å²) in [6.45, 7) is 3.15. The highest BCUT2D eigenvalue weighted by Crippen LogP contribution is 1.94. The lowest BCUT2D eigenvalue weighted by Crippen LogP contribution is -2.38. The molecule has 0 aromatic rings. The van der Waals surface area contributed by atoms with Gasteiger partial charge in [0, 0.05) is 19.1 Å². The molecule has 13 heavy (non-hydrogen) atoms. The average molecular weight is 184 g/mol. The maximum absolute atomic E-state index is 10.3.